The monoisotopic (exact) mass is 228 g/mol. The van der Waals surface area contributed by atoms with E-state index in [9.17, 15) is 4.79 Å². The highest BCUT2D eigenvalue weighted by atomic mass is 16.7. The lowest BCUT2D eigenvalue weighted by Gasteiger charge is -2.14. The van der Waals surface area contributed by atoms with Crippen molar-refractivity contribution in [3.8, 4) is 0 Å². The summed E-state index contributed by atoms with van der Waals surface area (Å²) in [5.74, 6) is -0.937. The molecule has 0 aromatic rings. The molecule has 92 valence electrons. The molecule has 1 N–H and O–H groups in total. The van der Waals surface area contributed by atoms with Crippen molar-refractivity contribution in [1.29, 1.82) is 0 Å². The number of allylic oxidation sites excluding steroid dienone is 2. The molecule has 4 heteroatoms. The quantitative estimate of drug-likeness (QED) is 0.393. The SMILES string of the molecule is CCOC(C/C=C/C(C)=C\C(=O)O)OCC. The van der Waals surface area contributed by atoms with Crippen LogP contribution in [0.25, 0.3) is 0 Å². The van der Waals surface area contributed by atoms with E-state index < -0.39 is 5.97 Å². The molecule has 4 nitrogen and oxygen atoms in total. The highest BCUT2D eigenvalue weighted by Crippen LogP contribution is 2.04. The van der Waals surface area contributed by atoms with E-state index in [1.165, 1.54) is 0 Å². The number of carboxylic acid groups (broad SMARTS) is 1. The number of ether oxygens (including phenoxy) is 2. The number of aliphatic carboxylic acids is 1. The van der Waals surface area contributed by atoms with Crippen LogP contribution >= 0.6 is 0 Å². The second-order valence-corrected chi connectivity index (χ2v) is 3.20. The molecule has 0 aromatic heterocycles. The van der Waals surface area contributed by atoms with Crippen molar-refractivity contribution in [3.63, 3.8) is 0 Å². The van der Waals surface area contributed by atoms with Gasteiger partial charge in [-0.1, -0.05) is 12.2 Å². The summed E-state index contributed by atoms with van der Waals surface area (Å²) >= 11 is 0. The molecule has 0 amide bonds. The molecule has 0 heterocycles. The summed E-state index contributed by atoms with van der Waals surface area (Å²) in [6.07, 6.45) is 5.13. The Morgan fingerprint density at radius 2 is 1.88 bits per heavy atom. The summed E-state index contributed by atoms with van der Waals surface area (Å²) in [6.45, 7) is 6.75. The molecule has 16 heavy (non-hydrogen) atoms. The van der Waals surface area contributed by atoms with Gasteiger partial charge in [0.1, 0.15) is 0 Å². The summed E-state index contributed by atoms with van der Waals surface area (Å²) in [4.78, 5) is 10.4. The van der Waals surface area contributed by atoms with Crippen molar-refractivity contribution in [3.05, 3.63) is 23.8 Å². The van der Waals surface area contributed by atoms with Gasteiger partial charge in [0.05, 0.1) is 0 Å². The van der Waals surface area contributed by atoms with Crippen LogP contribution in [0.2, 0.25) is 0 Å². The standard InChI is InChI=1S/C12H20O4/c1-4-15-12(16-5-2)8-6-7-10(3)9-11(13)14/h6-7,9,12H,4-5,8H2,1-3H3,(H,13,14)/b7-6+,10-9-. The molecule has 0 aliphatic rings. The lowest BCUT2D eigenvalue weighted by molar-refractivity contribution is -0.133. The van der Waals surface area contributed by atoms with Crippen LogP contribution in [0.5, 0.6) is 0 Å². The summed E-state index contributed by atoms with van der Waals surface area (Å²) < 4.78 is 10.7. The first kappa shape index (κ1) is 14.9. The normalized spacial score (nSPS) is 12.6. The fourth-order valence-corrected chi connectivity index (χ4v) is 1.16. The zero-order valence-electron chi connectivity index (χ0n) is 10.1. The van der Waals surface area contributed by atoms with Gasteiger partial charge < -0.3 is 14.6 Å². The molecular weight excluding hydrogens is 208 g/mol. The molecule has 0 radical (unpaired) electrons. The van der Waals surface area contributed by atoms with Crippen molar-refractivity contribution in [2.45, 2.75) is 33.5 Å². The van der Waals surface area contributed by atoms with E-state index in [4.69, 9.17) is 14.6 Å². The van der Waals surface area contributed by atoms with Crippen LogP contribution in [0.4, 0.5) is 0 Å². The summed E-state index contributed by atoms with van der Waals surface area (Å²) in [6, 6.07) is 0. The van der Waals surface area contributed by atoms with Crippen LogP contribution < -0.4 is 0 Å². The number of carboxylic acids is 1. The van der Waals surface area contributed by atoms with E-state index in [1.54, 1.807) is 13.0 Å². The average Bonchev–Trinajstić information content (AvgIpc) is 2.17. The van der Waals surface area contributed by atoms with Gasteiger partial charge in [0.15, 0.2) is 6.29 Å². The zero-order valence-corrected chi connectivity index (χ0v) is 10.1. The smallest absolute Gasteiger partial charge is 0.328 e. The first-order valence-electron chi connectivity index (χ1n) is 5.41. The fourth-order valence-electron chi connectivity index (χ4n) is 1.16. The van der Waals surface area contributed by atoms with Crippen LogP contribution in [-0.2, 0) is 14.3 Å². The molecule has 0 spiro atoms. The van der Waals surface area contributed by atoms with Crippen molar-refractivity contribution >= 4 is 5.97 Å². The highest BCUT2D eigenvalue weighted by Gasteiger charge is 2.04. The maximum absolute atomic E-state index is 10.4. The van der Waals surface area contributed by atoms with E-state index in [1.807, 2.05) is 19.9 Å². The minimum absolute atomic E-state index is 0.246. The van der Waals surface area contributed by atoms with Gasteiger partial charge in [0.2, 0.25) is 0 Å². The average molecular weight is 228 g/mol. The Morgan fingerprint density at radius 1 is 1.31 bits per heavy atom. The van der Waals surface area contributed by atoms with Gasteiger partial charge in [0, 0.05) is 25.7 Å². The lowest BCUT2D eigenvalue weighted by atomic mass is 10.2. The predicted octanol–water partition coefficient (Wildman–Crippen LogP) is 2.36. The van der Waals surface area contributed by atoms with Crippen LogP contribution in [-0.4, -0.2) is 30.6 Å². The second kappa shape index (κ2) is 9.12. The Labute approximate surface area is 96.6 Å². The van der Waals surface area contributed by atoms with Crippen LogP contribution in [0.3, 0.4) is 0 Å². The summed E-state index contributed by atoms with van der Waals surface area (Å²) in [5.41, 5.74) is 0.694. The lowest BCUT2D eigenvalue weighted by Crippen LogP contribution is -2.16. The van der Waals surface area contributed by atoms with Gasteiger partial charge in [-0.25, -0.2) is 4.79 Å². The van der Waals surface area contributed by atoms with Crippen LogP contribution in [0.15, 0.2) is 23.8 Å². The van der Waals surface area contributed by atoms with Crippen LogP contribution in [0, 0.1) is 0 Å². The van der Waals surface area contributed by atoms with E-state index in [-0.39, 0.29) is 6.29 Å². The molecule has 0 fully saturated rings. The second-order valence-electron chi connectivity index (χ2n) is 3.20. The van der Waals surface area contributed by atoms with Gasteiger partial charge in [-0.2, -0.15) is 0 Å². The highest BCUT2D eigenvalue weighted by molar-refractivity contribution is 5.81. The molecule has 0 aromatic carbocycles. The third-order valence-electron chi connectivity index (χ3n) is 1.77. The molecule has 0 saturated carbocycles. The van der Waals surface area contributed by atoms with Crippen molar-refractivity contribution < 1.29 is 19.4 Å². The van der Waals surface area contributed by atoms with Crippen molar-refractivity contribution in [2.24, 2.45) is 0 Å². The van der Waals surface area contributed by atoms with E-state index in [0.717, 1.165) is 6.08 Å². The third-order valence-corrected chi connectivity index (χ3v) is 1.77. The Hall–Kier alpha value is -1.13. The zero-order chi connectivity index (χ0) is 12.4. The molecule has 0 rings (SSSR count). The molecule has 0 saturated heterocycles. The summed E-state index contributed by atoms with van der Waals surface area (Å²) in [7, 11) is 0. The fraction of sp³-hybridized carbons (Fsp3) is 0.583. The van der Waals surface area contributed by atoms with Crippen molar-refractivity contribution in [1.82, 2.24) is 0 Å². The largest absolute Gasteiger partial charge is 0.478 e. The third kappa shape index (κ3) is 8.20. The molecular formula is C12H20O4. The number of rotatable bonds is 8. The maximum Gasteiger partial charge on any atom is 0.328 e. The Kier molecular flexibility index (Phi) is 8.48. The Bertz CT molecular complexity index is 250. The topological polar surface area (TPSA) is 55.8 Å². The Morgan fingerprint density at radius 3 is 2.31 bits per heavy atom. The van der Waals surface area contributed by atoms with Crippen LogP contribution in [0.1, 0.15) is 27.2 Å². The molecule has 0 aliphatic heterocycles. The minimum atomic E-state index is -0.937. The number of hydrogen-bond acceptors (Lipinski definition) is 3. The van der Waals surface area contributed by atoms with Gasteiger partial charge in [-0.3, -0.25) is 0 Å². The van der Waals surface area contributed by atoms with E-state index >= 15 is 0 Å². The molecule has 0 unspecified atom stereocenters. The van der Waals surface area contributed by atoms with Gasteiger partial charge in [0.25, 0.3) is 0 Å². The number of carbonyl (C=O) groups is 1. The first-order valence-corrected chi connectivity index (χ1v) is 5.41. The van der Waals surface area contributed by atoms with E-state index in [2.05, 4.69) is 0 Å². The van der Waals surface area contributed by atoms with Gasteiger partial charge >= 0.3 is 5.97 Å². The minimum Gasteiger partial charge on any atom is -0.478 e. The molecule has 0 atom stereocenters. The van der Waals surface area contributed by atoms with E-state index in [0.29, 0.717) is 25.2 Å². The predicted molar refractivity (Wildman–Crippen MR) is 62.2 cm³/mol. The maximum atomic E-state index is 10.4. The molecule has 0 bridgehead atoms. The van der Waals surface area contributed by atoms with Crippen molar-refractivity contribution in [2.75, 3.05) is 13.2 Å². The first-order chi connectivity index (χ1) is 7.60. The Balaban J connectivity index is 4.08. The summed E-state index contributed by atoms with van der Waals surface area (Å²) in [5, 5.41) is 8.50. The van der Waals surface area contributed by atoms with Gasteiger partial charge in [-0.15, -0.1) is 0 Å². The van der Waals surface area contributed by atoms with Gasteiger partial charge in [-0.05, 0) is 26.3 Å². The molecule has 0 aliphatic carbocycles. The number of hydrogen-bond donors (Lipinski definition) is 1.